The van der Waals surface area contributed by atoms with E-state index in [1.165, 1.54) is 18.4 Å². The minimum absolute atomic E-state index is 0.494. The van der Waals surface area contributed by atoms with Gasteiger partial charge in [0.1, 0.15) is 5.82 Å². The number of fused-ring (bicyclic) bond motifs is 6. The third-order valence-electron chi connectivity index (χ3n) is 6.43. The van der Waals surface area contributed by atoms with Crippen LogP contribution in [0, 0.1) is 18.8 Å². The highest BCUT2D eigenvalue weighted by molar-refractivity contribution is 5.80. The van der Waals surface area contributed by atoms with Gasteiger partial charge in [0.15, 0.2) is 5.96 Å². The Labute approximate surface area is 154 Å². The van der Waals surface area contributed by atoms with Crippen molar-refractivity contribution in [2.45, 2.75) is 38.5 Å². The third kappa shape index (κ3) is 2.50. The summed E-state index contributed by atoms with van der Waals surface area (Å²) in [6.07, 6.45) is 3.48. The molecular weight excluding hydrogens is 326 g/mol. The van der Waals surface area contributed by atoms with Crippen molar-refractivity contribution >= 4 is 17.0 Å². The van der Waals surface area contributed by atoms with Crippen LogP contribution in [0.3, 0.4) is 0 Å². The van der Waals surface area contributed by atoms with Crippen LogP contribution in [0.1, 0.15) is 18.7 Å². The molecule has 3 aliphatic heterocycles. The first-order valence-corrected chi connectivity index (χ1v) is 9.77. The summed E-state index contributed by atoms with van der Waals surface area (Å²) in [5, 5.41) is 3.57. The number of likely N-dealkylation sites (tertiary alicyclic amines) is 1. The van der Waals surface area contributed by atoms with E-state index in [-0.39, 0.29) is 0 Å². The minimum atomic E-state index is 0.494. The summed E-state index contributed by atoms with van der Waals surface area (Å²) >= 11 is 0. The molecule has 0 saturated carbocycles. The van der Waals surface area contributed by atoms with Gasteiger partial charge < -0.3 is 19.5 Å². The van der Waals surface area contributed by atoms with Gasteiger partial charge in [0.25, 0.3) is 0 Å². The number of hydrogen-bond acceptors (Lipinski definition) is 3. The molecule has 1 aromatic carbocycles. The molecule has 0 radical (unpaired) electrons. The molecule has 0 aliphatic carbocycles. The molecule has 26 heavy (non-hydrogen) atoms. The fourth-order valence-electron chi connectivity index (χ4n) is 5.22. The zero-order chi connectivity index (χ0) is 17.7. The number of aromatic nitrogens is 2. The number of hydrogen-bond donors (Lipinski definition) is 1. The van der Waals surface area contributed by atoms with Crippen LogP contribution in [0.5, 0.6) is 0 Å². The number of para-hydroxylation sites is 2. The molecule has 2 aromatic rings. The Bertz CT molecular complexity index is 826. The monoisotopic (exact) mass is 353 g/mol. The predicted molar refractivity (Wildman–Crippen MR) is 102 cm³/mol. The summed E-state index contributed by atoms with van der Waals surface area (Å²) in [7, 11) is 1.89. The smallest absolute Gasteiger partial charge is 0.193 e. The molecule has 138 valence electrons. The summed E-state index contributed by atoms with van der Waals surface area (Å²) in [5.41, 5.74) is 2.27. The van der Waals surface area contributed by atoms with Crippen molar-refractivity contribution in [2.75, 3.05) is 26.7 Å². The Balaban J connectivity index is 1.23. The normalized spacial score (nSPS) is 30.4. The summed E-state index contributed by atoms with van der Waals surface area (Å²) in [4.78, 5) is 11.6. The highest BCUT2D eigenvalue weighted by Crippen LogP contribution is 2.47. The van der Waals surface area contributed by atoms with E-state index in [0.29, 0.717) is 24.0 Å². The molecule has 1 N–H and O–H groups in total. The van der Waals surface area contributed by atoms with E-state index in [2.05, 4.69) is 49.9 Å². The van der Waals surface area contributed by atoms with E-state index in [1.807, 2.05) is 13.1 Å². The van der Waals surface area contributed by atoms with E-state index in [1.54, 1.807) is 0 Å². The maximum absolute atomic E-state index is 6.09. The van der Waals surface area contributed by atoms with Crippen molar-refractivity contribution in [3.63, 3.8) is 0 Å². The third-order valence-corrected chi connectivity index (χ3v) is 6.43. The van der Waals surface area contributed by atoms with Crippen LogP contribution < -0.4 is 5.32 Å². The van der Waals surface area contributed by atoms with Crippen molar-refractivity contribution in [1.82, 2.24) is 19.8 Å². The summed E-state index contributed by atoms with van der Waals surface area (Å²) in [5.74, 6) is 3.49. The van der Waals surface area contributed by atoms with E-state index in [9.17, 15) is 0 Å². The average molecular weight is 353 g/mol. The van der Waals surface area contributed by atoms with Crippen LogP contribution in [-0.2, 0) is 11.3 Å². The summed E-state index contributed by atoms with van der Waals surface area (Å²) in [6.45, 7) is 5.98. The molecule has 0 amide bonds. The van der Waals surface area contributed by atoms with E-state index in [4.69, 9.17) is 4.74 Å². The number of nitrogens with zero attached hydrogens (tertiary/aromatic N) is 4. The van der Waals surface area contributed by atoms with Crippen molar-refractivity contribution in [3.05, 3.63) is 30.1 Å². The lowest BCUT2D eigenvalue weighted by Gasteiger charge is -2.23. The van der Waals surface area contributed by atoms with Crippen LogP contribution in [0.4, 0.5) is 0 Å². The van der Waals surface area contributed by atoms with Gasteiger partial charge in [-0.25, -0.2) is 4.98 Å². The van der Waals surface area contributed by atoms with Crippen molar-refractivity contribution < 1.29 is 4.74 Å². The first kappa shape index (κ1) is 16.1. The standard InChI is InChI=1S/C20H27N5O/c1-13-23-16-5-3-4-6-17(16)25(13)10-9-22-20(21-2)24-11-14-15(12-24)19-8-7-18(14)26-19/h3-6,14-15,18-19H,7-12H2,1-2H3,(H,21,22). The number of aryl methyl sites for hydroxylation is 1. The second-order valence-electron chi connectivity index (χ2n) is 7.80. The Morgan fingerprint density at radius 1 is 1.23 bits per heavy atom. The van der Waals surface area contributed by atoms with Gasteiger partial charge in [0, 0.05) is 45.1 Å². The lowest BCUT2D eigenvalue weighted by atomic mass is 9.82. The van der Waals surface area contributed by atoms with E-state index < -0.39 is 0 Å². The fraction of sp³-hybridized carbons (Fsp3) is 0.600. The number of guanidine groups is 1. The second-order valence-corrected chi connectivity index (χ2v) is 7.80. The number of ether oxygens (including phenoxy) is 1. The Kier molecular flexibility index (Phi) is 3.89. The molecule has 1 aromatic heterocycles. The summed E-state index contributed by atoms with van der Waals surface area (Å²) < 4.78 is 8.37. The van der Waals surface area contributed by atoms with Crippen molar-refractivity contribution in [2.24, 2.45) is 16.8 Å². The largest absolute Gasteiger partial charge is 0.374 e. The lowest BCUT2D eigenvalue weighted by Crippen LogP contribution is -2.42. The maximum Gasteiger partial charge on any atom is 0.193 e. The minimum Gasteiger partial charge on any atom is -0.374 e. The van der Waals surface area contributed by atoms with Gasteiger partial charge in [-0.2, -0.15) is 0 Å². The molecule has 6 heteroatoms. The molecule has 4 atom stereocenters. The highest BCUT2D eigenvalue weighted by atomic mass is 16.5. The van der Waals surface area contributed by atoms with Gasteiger partial charge in [-0.3, -0.25) is 4.99 Å². The van der Waals surface area contributed by atoms with Gasteiger partial charge in [-0.05, 0) is 31.9 Å². The van der Waals surface area contributed by atoms with Crippen LogP contribution >= 0.6 is 0 Å². The first-order valence-electron chi connectivity index (χ1n) is 9.77. The van der Waals surface area contributed by atoms with Gasteiger partial charge in [0.2, 0.25) is 0 Å². The number of imidazole rings is 1. The molecule has 4 unspecified atom stereocenters. The predicted octanol–water partition coefficient (Wildman–Crippen LogP) is 2.03. The fourth-order valence-corrected chi connectivity index (χ4v) is 5.22. The van der Waals surface area contributed by atoms with Crippen LogP contribution in [-0.4, -0.2) is 59.3 Å². The number of nitrogens with one attached hydrogen (secondary N) is 1. The molecule has 4 heterocycles. The number of benzene rings is 1. The van der Waals surface area contributed by atoms with E-state index in [0.717, 1.165) is 43.5 Å². The van der Waals surface area contributed by atoms with Gasteiger partial charge in [0.05, 0.1) is 23.2 Å². The molecular formula is C20H27N5O. The molecule has 3 aliphatic rings. The van der Waals surface area contributed by atoms with Crippen molar-refractivity contribution in [1.29, 1.82) is 0 Å². The lowest BCUT2D eigenvalue weighted by molar-refractivity contribution is 0.0767. The first-order chi connectivity index (χ1) is 12.7. The zero-order valence-corrected chi connectivity index (χ0v) is 15.6. The van der Waals surface area contributed by atoms with Crippen LogP contribution in [0.2, 0.25) is 0 Å². The van der Waals surface area contributed by atoms with Gasteiger partial charge in [-0.15, -0.1) is 0 Å². The van der Waals surface area contributed by atoms with Gasteiger partial charge >= 0.3 is 0 Å². The maximum atomic E-state index is 6.09. The van der Waals surface area contributed by atoms with Crippen LogP contribution in [0.25, 0.3) is 11.0 Å². The Hall–Kier alpha value is -2.08. The number of aliphatic imine (C=N–C) groups is 1. The molecule has 6 nitrogen and oxygen atoms in total. The SMILES string of the molecule is CN=C(NCCn1c(C)nc2ccccc21)N1CC2C3CCC(O3)C2C1. The molecule has 2 bridgehead atoms. The highest BCUT2D eigenvalue weighted by Gasteiger charge is 2.53. The quantitative estimate of drug-likeness (QED) is 0.678. The number of rotatable bonds is 3. The molecule has 5 rings (SSSR count). The zero-order valence-electron chi connectivity index (χ0n) is 15.6. The molecule has 3 saturated heterocycles. The average Bonchev–Trinajstić information content (AvgIpc) is 3.39. The second kappa shape index (κ2) is 6.27. The Morgan fingerprint density at radius 2 is 1.96 bits per heavy atom. The van der Waals surface area contributed by atoms with Gasteiger partial charge in [-0.1, -0.05) is 12.1 Å². The molecule has 3 fully saturated rings. The Morgan fingerprint density at radius 3 is 2.69 bits per heavy atom. The molecule has 0 spiro atoms. The van der Waals surface area contributed by atoms with Crippen molar-refractivity contribution in [3.8, 4) is 0 Å². The topological polar surface area (TPSA) is 54.7 Å². The van der Waals surface area contributed by atoms with Crippen LogP contribution in [0.15, 0.2) is 29.3 Å². The van der Waals surface area contributed by atoms with E-state index >= 15 is 0 Å². The summed E-state index contributed by atoms with van der Waals surface area (Å²) in [6, 6.07) is 8.33.